The molecule has 3 N–H and O–H groups in total. The van der Waals surface area contributed by atoms with E-state index in [1.54, 1.807) is 18.4 Å². The highest BCUT2D eigenvalue weighted by Crippen LogP contribution is 2.57. The summed E-state index contributed by atoms with van der Waals surface area (Å²) >= 11 is 3.05. The molecule has 31 heavy (non-hydrogen) atoms. The third-order valence-electron chi connectivity index (χ3n) is 7.11. The first-order chi connectivity index (χ1) is 14.7. The van der Waals surface area contributed by atoms with E-state index in [0.29, 0.717) is 24.0 Å². The molecule has 1 saturated carbocycles. The molecule has 9 heteroatoms. The summed E-state index contributed by atoms with van der Waals surface area (Å²) in [6, 6.07) is 0. The molecule has 2 aliphatic carbocycles. The third-order valence-corrected chi connectivity index (χ3v) is 8.64. The summed E-state index contributed by atoms with van der Waals surface area (Å²) in [7, 11) is 1.61. The zero-order valence-electron chi connectivity index (χ0n) is 19.1. The Kier molecular flexibility index (Phi) is 8.05. The van der Waals surface area contributed by atoms with E-state index < -0.39 is 6.10 Å². The van der Waals surface area contributed by atoms with Crippen LogP contribution in [0.25, 0.3) is 0 Å². The number of carbonyl (C=O) groups is 2. The normalized spacial score (nSPS) is 30.8. The molecule has 2 aliphatic rings. The molecule has 0 aliphatic heterocycles. The van der Waals surface area contributed by atoms with Gasteiger partial charge in [0.25, 0.3) is 0 Å². The van der Waals surface area contributed by atoms with Crippen LogP contribution in [-0.4, -0.2) is 60.3 Å². The SMILES string of the molecule is COCCNC(=O)[C@@H](C)[C@@H]1CC[C@]2(C)Cc3sc(NC(=O)CSC)nc3[C@H](C)[C@@H]2[C@H]1O. The average Bonchev–Trinajstić information content (AvgIpc) is 3.09. The van der Waals surface area contributed by atoms with Crippen LogP contribution in [0.3, 0.4) is 0 Å². The van der Waals surface area contributed by atoms with Gasteiger partial charge in [-0.15, -0.1) is 11.3 Å². The highest BCUT2D eigenvalue weighted by atomic mass is 32.2. The maximum absolute atomic E-state index is 12.6. The lowest BCUT2D eigenvalue weighted by Crippen LogP contribution is -2.53. The highest BCUT2D eigenvalue weighted by Gasteiger charge is 2.53. The van der Waals surface area contributed by atoms with E-state index in [1.807, 2.05) is 13.2 Å². The van der Waals surface area contributed by atoms with Crippen LogP contribution in [-0.2, 0) is 20.7 Å². The molecule has 0 unspecified atom stereocenters. The number of thioether (sulfide) groups is 1. The predicted octanol–water partition coefficient (Wildman–Crippen LogP) is 2.90. The van der Waals surface area contributed by atoms with E-state index in [2.05, 4.69) is 24.5 Å². The van der Waals surface area contributed by atoms with Crippen molar-refractivity contribution in [1.29, 1.82) is 0 Å². The Morgan fingerprint density at radius 1 is 1.45 bits per heavy atom. The summed E-state index contributed by atoms with van der Waals surface area (Å²) < 4.78 is 5.01. The molecule has 0 spiro atoms. The second kappa shape index (κ2) is 10.2. The van der Waals surface area contributed by atoms with Crippen molar-refractivity contribution in [3.8, 4) is 0 Å². The smallest absolute Gasteiger partial charge is 0.236 e. The quantitative estimate of drug-likeness (QED) is 0.506. The Morgan fingerprint density at radius 3 is 2.87 bits per heavy atom. The van der Waals surface area contributed by atoms with Gasteiger partial charge in [-0.1, -0.05) is 20.8 Å². The van der Waals surface area contributed by atoms with E-state index in [9.17, 15) is 14.7 Å². The lowest BCUT2D eigenvalue weighted by molar-refractivity contribution is -0.135. The fourth-order valence-electron chi connectivity index (χ4n) is 5.52. The van der Waals surface area contributed by atoms with Gasteiger partial charge in [0.2, 0.25) is 11.8 Å². The van der Waals surface area contributed by atoms with Gasteiger partial charge in [-0.25, -0.2) is 4.98 Å². The first kappa shape index (κ1) is 24.5. The summed E-state index contributed by atoms with van der Waals surface area (Å²) in [4.78, 5) is 30.6. The van der Waals surface area contributed by atoms with Crippen LogP contribution in [0.2, 0.25) is 0 Å². The molecule has 1 heterocycles. The number of thiazole rings is 1. The van der Waals surface area contributed by atoms with E-state index in [0.717, 1.165) is 25.0 Å². The maximum Gasteiger partial charge on any atom is 0.236 e. The van der Waals surface area contributed by atoms with Crippen molar-refractivity contribution in [3.63, 3.8) is 0 Å². The van der Waals surface area contributed by atoms with E-state index in [-0.39, 0.29) is 40.9 Å². The lowest BCUT2D eigenvalue weighted by Gasteiger charge is -2.53. The van der Waals surface area contributed by atoms with Gasteiger partial charge in [0.15, 0.2) is 5.13 Å². The lowest BCUT2D eigenvalue weighted by atomic mass is 9.53. The maximum atomic E-state index is 12.6. The Morgan fingerprint density at radius 2 is 2.19 bits per heavy atom. The van der Waals surface area contributed by atoms with Gasteiger partial charge in [-0.2, -0.15) is 11.8 Å². The number of fused-ring (bicyclic) bond motifs is 2. The number of anilines is 1. The van der Waals surface area contributed by atoms with Crippen LogP contribution in [0.5, 0.6) is 0 Å². The topological polar surface area (TPSA) is 101 Å². The van der Waals surface area contributed by atoms with Crippen molar-refractivity contribution in [2.24, 2.45) is 23.2 Å². The Balaban J connectivity index is 1.77. The van der Waals surface area contributed by atoms with Crippen molar-refractivity contribution in [2.45, 2.75) is 52.1 Å². The molecule has 7 nitrogen and oxygen atoms in total. The Bertz CT molecular complexity index is 802. The molecule has 0 aromatic carbocycles. The number of amides is 2. The number of aromatic nitrogens is 1. The van der Waals surface area contributed by atoms with Crippen molar-refractivity contribution in [2.75, 3.05) is 37.6 Å². The molecule has 1 aromatic rings. The zero-order chi connectivity index (χ0) is 22.8. The van der Waals surface area contributed by atoms with Gasteiger partial charge in [0.1, 0.15) is 0 Å². The van der Waals surface area contributed by atoms with Crippen LogP contribution in [0, 0.1) is 23.2 Å². The number of aliphatic hydroxyl groups is 1. The second-order valence-corrected chi connectivity index (χ2v) is 11.2. The third kappa shape index (κ3) is 5.10. The van der Waals surface area contributed by atoms with Crippen molar-refractivity contribution < 1.29 is 19.4 Å². The van der Waals surface area contributed by atoms with Crippen molar-refractivity contribution >= 4 is 40.0 Å². The van der Waals surface area contributed by atoms with E-state index in [4.69, 9.17) is 9.72 Å². The molecule has 3 rings (SSSR count). The Labute approximate surface area is 193 Å². The van der Waals surface area contributed by atoms with Gasteiger partial charge < -0.3 is 20.5 Å². The van der Waals surface area contributed by atoms with Gasteiger partial charge in [0, 0.05) is 30.4 Å². The molecular weight excluding hydrogens is 434 g/mol. The molecule has 2 amide bonds. The van der Waals surface area contributed by atoms with E-state index in [1.165, 1.54) is 16.6 Å². The minimum Gasteiger partial charge on any atom is -0.392 e. The number of hydrogen-bond acceptors (Lipinski definition) is 7. The Hall–Kier alpha value is -1.16. The van der Waals surface area contributed by atoms with E-state index >= 15 is 0 Å². The number of methoxy groups -OCH3 is 1. The number of rotatable bonds is 8. The number of carbonyl (C=O) groups excluding carboxylic acids is 2. The minimum absolute atomic E-state index is 0.0266. The van der Waals surface area contributed by atoms with Gasteiger partial charge in [-0.3, -0.25) is 9.59 Å². The molecule has 0 radical (unpaired) electrons. The fraction of sp³-hybridized carbons (Fsp3) is 0.773. The number of hydrogen-bond donors (Lipinski definition) is 3. The average molecular weight is 470 g/mol. The predicted molar refractivity (Wildman–Crippen MR) is 126 cm³/mol. The van der Waals surface area contributed by atoms with Crippen molar-refractivity contribution in [3.05, 3.63) is 10.6 Å². The summed E-state index contributed by atoms with van der Waals surface area (Å²) in [5.74, 6) is 0.100. The summed E-state index contributed by atoms with van der Waals surface area (Å²) in [5.41, 5.74) is 0.950. The number of ether oxygens (including phenoxy) is 1. The second-order valence-electron chi connectivity index (χ2n) is 9.22. The van der Waals surface area contributed by atoms with Gasteiger partial charge >= 0.3 is 0 Å². The van der Waals surface area contributed by atoms with Crippen LogP contribution in [0.1, 0.15) is 50.1 Å². The summed E-state index contributed by atoms with van der Waals surface area (Å²) in [6.45, 7) is 7.26. The van der Waals surface area contributed by atoms with Gasteiger partial charge in [-0.05, 0) is 42.8 Å². The van der Waals surface area contributed by atoms with Crippen LogP contribution in [0.15, 0.2) is 0 Å². The van der Waals surface area contributed by atoms with Crippen LogP contribution >= 0.6 is 23.1 Å². The molecule has 174 valence electrons. The monoisotopic (exact) mass is 469 g/mol. The first-order valence-electron chi connectivity index (χ1n) is 10.9. The minimum atomic E-state index is -0.568. The largest absolute Gasteiger partial charge is 0.392 e. The molecule has 6 atom stereocenters. The van der Waals surface area contributed by atoms with Crippen LogP contribution in [0.4, 0.5) is 5.13 Å². The molecule has 1 aromatic heterocycles. The fourth-order valence-corrected chi connectivity index (χ4v) is 7.13. The molecule has 0 saturated heterocycles. The molecular formula is C22H35N3O4S2. The molecule has 1 fully saturated rings. The zero-order valence-corrected chi connectivity index (χ0v) is 20.7. The first-order valence-corrected chi connectivity index (χ1v) is 13.2. The summed E-state index contributed by atoms with van der Waals surface area (Å²) in [6.07, 6.45) is 3.97. The molecule has 0 bridgehead atoms. The number of nitrogens with zero attached hydrogens (tertiary/aromatic N) is 1. The van der Waals surface area contributed by atoms with Gasteiger partial charge in [0.05, 0.1) is 24.2 Å². The summed E-state index contributed by atoms with van der Waals surface area (Å²) in [5, 5.41) is 17.9. The highest BCUT2D eigenvalue weighted by molar-refractivity contribution is 7.99. The number of nitrogens with one attached hydrogen (secondary N) is 2. The van der Waals surface area contributed by atoms with Crippen molar-refractivity contribution in [1.82, 2.24) is 10.3 Å². The number of aliphatic hydroxyl groups excluding tert-OH is 1. The standard InChI is InChI=1S/C22H35N3O4S2/c1-12(20(28)23-8-9-29-4)14-6-7-22(3)10-15-18(13(2)17(22)19(14)27)25-21(31-15)24-16(26)11-30-5/h12-14,17,19,27H,6-11H2,1-5H3,(H,23,28)(H,24,25,26)/t12-,13+,14-,17+,19-,22+/m0/s1. The van der Waals surface area contributed by atoms with Crippen LogP contribution < -0.4 is 10.6 Å².